The Hall–Kier alpha value is -1.92. The number of aromatic nitrogens is 3. The second kappa shape index (κ2) is 5.22. The van der Waals surface area contributed by atoms with Crippen LogP contribution in [0.15, 0.2) is 45.7 Å². The molecule has 100 valence electrons. The van der Waals surface area contributed by atoms with Crippen molar-refractivity contribution in [2.75, 3.05) is 0 Å². The Morgan fingerprint density at radius 1 is 1.15 bits per heavy atom. The summed E-state index contributed by atoms with van der Waals surface area (Å²) in [5.41, 5.74) is 1.32. The van der Waals surface area contributed by atoms with Gasteiger partial charge in [0.1, 0.15) is 5.75 Å². The van der Waals surface area contributed by atoms with Crippen molar-refractivity contribution >= 4 is 27.5 Å². The molecular formula is C13H7BrClN3O2. The Morgan fingerprint density at radius 3 is 2.75 bits per heavy atom. The molecule has 0 saturated heterocycles. The van der Waals surface area contributed by atoms with Crippen molar-refractivity contribution in [3.8, 4) is 28.6 Å². The first kappa shape index (κ1) is 13.1. The molecule has 5 nitrogen and oxygen atoms in total. The summed E-state index contributed by atoms with van der Waals surface area (Å²) in [6, 6.07) is 6.84. The number of pyridine rings is 1. The van der Waals surface area contributed by atoms with Gasteiger partial charge in [-0.2, -0.15) is 4.98 Å². The van der Waals surface area contributed by atoms with E-state index in [9.17, 15) is 5.11 Å². The molecule has 0 unspecified atom stereocenters. The normalized spacial score (nSPS) is 10.7. The van der Waals surface area contributed by atoms with E-state index in [1.54, 1.807) is 18.2 Å². The molecule has 7 heteroatoms. The van der Waals surface area contributed by atoms with E-state index in [-0.39, 0.29) is 11.6 Å². The van der Waals surface area contributed by atoms with Crippen molar-refractivity contribution in [1.29, 1.82) is 0 Å². The average molecular weight is 353 g/mol. The zero-order chi connectivity index (χ0) is 14.1. The summed E-state index contributed by atoms with van der Waals surface area (Å²) in [6.45, 7) is 0. The number of rotatable bonds is 2. The molecule has 3 rings (SSSR count). The molecule has 0 amide bonds. The molecule has 1 aromatic carbocycles. The van der Waals surface area contributed by atoms with Crippen LogP contribution in [0.3, 0.4) is 0 Å². The Labute approximate surface area is 127 Å². The van der Waals surface area contributed by atoms with Crippen LogP contribution in [0.4, 0.5) is 0 Å². The highest BCUT2D eigenvalue weighted by Gasteiger charge is 2.12. The van der Waals surface area contributed by atoms with Crippen molar-refractivity contribution in [1.82, 2.24) is 15.1 Å². The summed E-state index contributed by atoms with van der Waals surface area (Å²) in [7, 11) is 0. The molecule has 3 aromatic rings. The van der Waals surface area contributed by atoms with Crippen LogP contribution in [0.2, 0.25) is 5.02 Å². The molecule has 20 heavy (non-hydrogen) atoms. The van der Waals surface area contributed by atoms with Gasteiger partial charge in [-0.15, -0.1) is 0 Å². The topological polar surface area (TPSA) is 72.0 Å². The van der Waals surface area contributed by atoms with Crippen LogP contribution in [0.5, 0.6) is 5.75 Å². The summed E-state index contributed by atoms with van der Waals surface area (Å²) >= 11 is 9.28. The fraction of sp³-hybridized carbons (Fsp3) is 0. The lowest BCUT2D eigenvalue weighted by Crippen LogP contribution is -1.83. The predicted octanol–water partition coefficient (Wildman–Crippen LogP) is 3.92. The standard InChI is InChI=1S/C13H7BrClN3O2/c14-10-4-7(1-2-11(10)15)12-17-13(20-18-12)8-3-9(19)6-16-5-8/h1-6,19H. The fourth-order valence-corrected chi connectivity index (χ4v) is 2.13. The first-order chi connectivity index (χ1) is 9.63. The largest absolute Gasteiger partial charge is 0.506 e. The van der Waals surface area contributed by atoms with Crippen molar-refractivity contribution in [2.24, 2.45) is 0 Å². The van der Waals surface area contributed by atoms with Gasteiger partial charge in [0.25, 0.3) is 5.89 Å². The van der Waals surface area contributed by atoms with Gasteiger partial charge in [-0.05, 0) is 40.2 Å². The Morgan fingerprint density at radius 2 is 2.00 bits per heavy atom. The minimum Gasteiger partial charge on any atom is -0.506 e. The van der Waals surface area contributed by atoms with Gasteiger partial charge in [-0.1, -0.05) is 16.8 Å². The SMILES string of the molecule is Oc1cncc(-c2nc(-c3ccc(Cl)c(Br)c3)no2)c1. The molecule has 0 fully saturated rings. The maximum absolute atomic E-state index is 9.39. The lowest BCUT2D eigenvalue weighted by molar-refractivity contribution is 0.431. The van der Waals surface area contributed by atoms with E-state index in [1.165, 1.54) is 18.5 Å². The van der Waals surface area contributed by atoms with Crippen molar-refractivity contribution in [3.63, 3.8) is 0 Å². The van der Waals surface area contributed by atoms with Crippen molar-refractivity contribution < 1.29 is 9.63 Å². The highest BCUT2D eigenvalue weighted by atomic mass is 79.9. The van der Waals surface area contributed by atoms with E-state index in [1.807, 2.05) is 0 Å². The quantitative estimate of drug-likeness (QED) is 0.757. The molecule has 2 aromatic heterocycles. The third-order valence-corrected chi connectivity index (χ3v) is 3.79. The first-order valence-electron chi connectivity index (χ1n) is 5.57. The van der Waals surface area contributed by atoms with Gasteiger partial charge in [-0.3, -0.25) is 4.98 Å². The summed E-state index contributed by atoms with van der Waals surface area (Å²) in [5, 5.41) is 13.9. The Kier molecular flexibility index (Phi) is 3.42. The van der Waals surface area contributed by atoms with E-state index >= 15 is 0 Å². The third-order valence-electron chi connectivity index (χ3n) is 2.57. The van der Waals surface area contributed by atoms with Crippen molar-refractivity contribution in [3.05, 3.63) is 46.2 Å². The fourth-order valence-electron chi connectivity index (χ4n) is 1.64. The molecule has 0 aliphatic rings. The van der Waals surface area contributed by atoms with E-state index in [2.05, 4.69) is 31.1 Å². The molecule has 0 aliphatic heterocycles. The minimum absolute atomic E-state index is 0.0384. The summed E-state index contributed by atoms with van der Waals surface area (Å²) in [4.78, 5) is 8.14. The molecular weight excluding hydrogens is 346 g/mol. The van der Waals surface area contributed by atoms with Crippen molar-refractivity contribution in [2.45, 2.75) is 0 Å². The van der Waals surface area contributed by atoms with E-state index in [0.29, 0.717) is 16.4 Å². The second-order valence-electron chi connectivity index (χ2n) is 3.98. The van der Waals surface area contributed by atoms with Gasteiger partial charge in [0.05, 0.1) is 16.8 Å². The molecule has 0 spiro atoms. The zero-order valence-corrected chi connectivity index (χ0v) is 12.3. The molecule has 0 bridgehead atoms. The van der Waals surface area contributed by atoms with E-state index in [4.69, 9.17) is 16.1 Å². The van der Waals surface area contributed by atoms with Crippen LogP contribution in [0.25, 0.3) is 22.8 Å². The average Bonchev–Trinajstić information content (AvgIpc) is 2.92. The Balaban J connectivity index is 1.99. The lowest BCUT2D eigenvalue weighted by atomic mass is 10.2. The van der Waals surface area contributed by atoms with Gasteiger partial charge in [0.15, 0.2) is 0 Å². The monoisotopic (exact) mass is 351 g/mol. The number of halogens is 2. The smallest absolute Gasteiger partial charge is 0.259 e. The van der Waals surface area contributed by atoms with Crippen LogP contribution in [-0.2, 0) is 0 Å². The zero-order valence-electron chi connectivity index (χ0n) is 9.92. The maximum atomic E-state index is 9.39. The van der Waals surface area contributed by atoms with Crippen LogP contribution in [0.1, 0.15) is 0 Å². The number of benzene rings is 1. The molecule has 0 saturated carbocycles. The number of nitrogens with zero attached hydrogens (tertiary/aromatic N) is 3. The molecule has 2 heterocycles. The summed E-state index contributed by atoms with van der Waals surface area (Å²) in [5.74, 6) is 0.756. The van der Waals surface area contributed by atoms with Gasteiger partial charge in [-0.25, -0.2) is 0 Å². The van der Waals surface area contributed by atoms with Crippen LogP contribution in [-0.4, -0.2) is 20.2 Å². The van der Waals surface area contributed by atoms with E-state index < -0.39 is 0 Å². The van der Waals surface area contributed by atoms with Gasteiger partial charge >= 0.3 is 0 Å². The molecule has 0 radical (unpaired) electrons. The van der Waals surface area contributed by atoms with E-state index in [0.717, 1.165) is 10.0 Å². The highest BCUT2D eigenvalue weighted by molar-refractivity contribution is 9.10. The van der Waals surface area contributed by atoms with Gasteiger partial charge < -0.3 is 9.63 Å². The highest BCUT2D eigenvalue weighted by Crippen LogP contribution is 2.29. The molecule has 0 atom stereocenters. The number of hydrogen-bond donors (Lipinski definition) is 1. The van der Waals surface area contributed by atoms with Crippen LogP contribution >= 0.6 is 27.5 Å². The minimum atomic E-state index is 0.0384. The summed E-state index contributed by atoms with van der Waals surface area (Å²) < 4.78 is 5.92. The Bertz CT molecular complexity index is 776. The maximum Gasteiger partial charge on any atom is 0.259 e. The number of aromatic hydroxyl groups is 1. The summed E-state index contributed by atoms with van der Waals surface area (Å²) in [6.07, 6.45) is 2.87. The van der Waals surface area contributed by atoms with Gasteiger partial charge in [0.2, 0.25) is 5.82 Å². The second-order valence-corrected chi connectivity index (χ2v) is 5.25. The molecule has 0 aliphatic carbocycles. The third kappa shape index (κ3) is 2.52. The van der Waals surface area contributed by atoms with Crippen LogP contribution < -0.4 is 0 Å². The predicted molar refractivity (Wildman–Crippen MR) is 77.3 cm³/mol. The first-order valence-corrected chi connectivity index (χ1v) is 6.74. The molecule has 1 N–H and O–H groups in total. The number of hydrogen-bond acceptors (Lipinski definition) is 5. The lowest BCUT2D eigenvalue weighted by Gasteiger charge is -1.97. The van der Waals surface area contributed by atoms with Crippen LogP contribution in [0, 0.1) is 0 Å². The van der Waals surface area contributed by atoms with Gasteiger partial charge in [0, 0.05) is 16.2 Å².